The number of pyridine rings is 1. The molecular weight excluding hydrogens is 362 g/mol. The number of aromatic nitrogens is 1. The predicted octanol–water partition coefficient (Wildman–Crippen LogP) is 3.93. The van der Waals surface area contributed by atoms with Crippen molar-refractivity contribution in [1.29, 1.82) is 5.26 Å². The molecule has 3 rings (SSSR count). The van der Waals surface area contributed by atoms with Crippen LogP contribution in [0.4, 0.5) is 0 Å². The maximum Gasteiger partial charge on any atom is 0.261 e. The Bertz CT molecular complexity index is 1010. The van der Waals surface area contributed by atoms with E-state index in [2.05, 4.69) is 10.3 Å². The molecule has 0 spiro atoms. The van der Waals surface area contributed by atoms with E-state index in [-0.39, 0.29) is 5.57 Å². The summed E-state index contributed by atoms with van der Waals surface area (Å²) in [4.78, 5) is 16.5. The van der Waals surface area contributed by atoms with Gasteiger partial charge in [0.15, 0.2) is 0 Å². The number of rotatable bonds is 8. The number of carbonyl (C=O) groups excluding carboxylic acids is 1. The molecule has 0 saturated carbocycles. The minimum absolute atomic E-state index is 0.0375. The molecule has 0 fully saturated rings. The molecule has 0 bridgehead atoms. The lowest BCUT2D eigenvalue weighted by Gasteiger charge is -2.10. The van der Waals surface area contributed by atoms with E-state index < -0.39 is 5.91 Å². The molecule has 0 aliphatic rings. The number of carbonyl (C=O) groups is 1. The quantitative estimate of drug-likeness (QED) is 0.472. The van der Waals surface area contributed by atoms with Crippen molar-refractivity contribution < 1.29 is 9.53 Å². The molecule has 5 heteroatoms. The molecule has 0 unspecified atom stereocenters. The number of hydrogen-bond donors (Lipinski definition) is 1. The normalized spacial score (nSPS) is 10.8. The van der Waals surface area contributed by atoms with Gasteiger partial charge in [-0.3, -0.25) is 9.78 Å². The number of nitrogens with one attached hydrogen (secondary N) is 1. The zero-order valence-electron chi connectivity index (χ0n) is 15.9. The van der Waals surface area contributed by atoms with Crippen LogP contribution in [0.25, 0.3) is 6.08 Å². The highest BCUT2D eigenvalue weighted by atomic mass is 16.5. The second-order valence-corrected chi connectivity index (χ2v) is 6.35. The van der Waals surface area contributed by atoms with Gasteiger partial charge in [0.2, 0.25) is 0 Å². The van der Waals surface area contributed by atoms with Crippen LogP contribution in [0.5, 0.6) is 5.75 Å². The fourth-order valence-corrected chi connectivity index (χ4v) is 2.74. The predicted molar refractivity (Wildman–Crippen MR) is 112 cm³/mol. The minimum atomic E-state index is -0.398. The first-order chi connectivity index (χ1) is 14.3. The van der Waals surface area contributed by atoms with Gasteiger partial charge in [-0.2, -0.15) is 5.26 Å². The fraction of sp³-hybridized carbons (Fsp3) is 0.125. The monoisotopic (exact) mass is 383 g/mol. The molecule has 0 atom stereocenters. The van der Waals surface area contributed by atoms with E-state index in [1.807, 2.05) is 72.8 Å². The summed E-state index contributed by atoms with van der Waals surface area (Å²) < 4.78 is 5.86. The van der Waals surface area contributed by atoms with E-state index in [1.54, 1.807) is 18.5 Å². The lowest BCUT2D eigenvalue weighted by Crippen LogP contribution is -2.26. The zero-order valence-corrected chi connectivity index (χ0v) is 15.9. The van der Waals surface area contributed by atoms with Gasteiger partial charge in [0.05, 0.1) is 0 Å². The summed E-state index contributed by atoms with van der Waals surface area (Å²) in [5.74, 6) is 0.201. The van der Waals surface area contributed by atoms with Gasteiger partial charge in [0, 0.05) is 30.1 Å². The number of amides is 1. The number of nitrogens with zero attached hydrogens (tertiary/aromatic N) is 2. The Hall–Kier alpha value is -3.91. The van der Waals surface area contributed by atoms with Crippen molar-refractivity contribution in [2.24, 2.45) is 0 Å². The molecule has 1 amide bonds. The first-order valence-electron chi connectivity index (χ1n) is 9.31. The van der Waals surface area contributed by atoms with E-state index in [9.17, 15) is 10.1 Å². The first kappa shape index (κ1) is 19.8. The first-order valence-corrected chi connectivity index (χ1v) is 9.31. The summed E-state index contributed by atoms with van der Waals surface area (Å²) >= 11 is 0. The second-order valence-electron chi connectivity index (χ2n) is 6.35. The van der Waals surface area contributed by atoms with Gasteiger partial charge in [-0.05, 0) is 30.2 Å². The van der Waals surface area contributed by atoms with Gasteiger partial charge in [0.25, 0.3) is 5.91 Å². The van der Waals surface area contributed by atoms with Gasteiger partial charge in [-0.1, -0.05) is 54.6 Å². The third-order valence-corrected chi connectivity index (χ3v) is 4.24. The van der Waals surface area contributed by atoms with Crippen LogP contribution in [-0.2, 0) is 17.8 Å². The lowest BCUT2D eigenvalue weighted by molar-refractivity contribution is -0.117. The summed E-state index contributed by atoms with van der Waals surface area (Å²) in [5.41, 5.74) is 2.77. The van der Waals surface area contributed by atoms with Crippen molar-refractivity contribution in [2.45, 2.75) is 13.0 Å². The number of ether oxygens (including phenoxy) is 1. The number of para-hydroxylation sites is 1. The second kappa shape index (κ2) is 10.4. The van der Waals surface area contributed by atoms with Crippen LogP contribution < -0.4 is 10.1 Å². The number of nitriles is 1. The zero-order chi connectivity index (χ0) is 20.3. The molecular formula is C24H21N3O2. The highest BCUT2D eigenvalue weighted by molar-refractivity contribution is 6.01. The molecule has 29 heavy (non-hydrogen) atoms. The van der Waals surface area contributed by atoms with Crippen LogP contribution in [0.3, 0.4) is 0 Å². The van der Waals surface area contributed by atoms with E-state index in [1.165, 1.54) is 0 Å². The molecule has 0 radical (unpaired) electrons. The van der Waals surface area contributed by atoms with Crippen molar-refractivity contribution >= 4 is 12.0 Å². The van der Waals surface area contributed by atoms with Crippen LogP contribution in [0.2, 0.25) is 0 Å². The molecule has 0 aliphatic heterocycles. The van der Waals surface area contributed by atoms with Crippen molar-refractivity contribution in [3.05, 3.63) is 101 Å². The number of benzene rings is 2. The average Bonchev–Trinajstić information content (AvgIpc) is 2.78. The molecule has 5 nitrogen and oxygen atoms in total. The molecule has 144 valence electrons. The van der Waals surface area contributed by atoms with Crippen molar-refractivity contribution in [1.82, 2.24) is 10.3 Å². The molecule has 1 aromatic heterocycles. The Morgan fingerprint density at radius 3 is 2.55 bits per heavy atom. The van der Waals surface area contributed by atoms with Crippen LogP contribution in [0, 0.1) is 11.3 Å². The Labute approximate surface area is 170 Å². The topological polar surface area (TPSA) is 75.0 Å². The Kier molecular flexibility index (Phi) is 7.14. The molecule has 0 saturated heterocycles. The summed E-state index contributed by atoms with van der Waals surface area (Å²) in [6, 6.07) is 22.9. The van der Waals surface area contributed by atoms with Gasteiger partial charge < -0.3 is 10.1 Å². The van der Waals surface area contributed by atoms with Gasteiger partial charge in [0.1, 0.15) is 24.0 Å². The third kappa shape index (κ3) is 6.05. The van der Waals surface area contributed by atoms with Crippen molar-refractivity contribution in [2.75, 3.05) is 6.54 Å². The third-order valence-electron chi connectivity index (χ3n) is 4.24. The van der Waals surface area contributed by atoms with Crippen LogP contribution in [-0.4, -0.2) is 17.4 Å². The molecule has 3 aromatic rings. The summed E-state index contributed by atoms with van der Waals surface area (Å²) in [6.07, 6.45) is 5.70. The van der Waals surface area contributed by atoms with Crippen LogP contribution in [0.1, 0.15) is 16.7 Å². The van der Waals surface area contributed by atoms with Crippen LogP contribution in [0.15, 0.2) is 84.7 Å². The smallest absolute Gasteiger partial charge is 0.261 e. The van der Waals surface area contributed by atoms with E-state index in [4.69, 9.17) is 4.74 Å². The maximum absolute atomic E-state index is 12.4. The minimum Gasteiger partial charge on any atom is -0.488 e. The Balaban J connectivity index is 1.65. The summed E-state index contributed by atoms with van der Waals surface area (Å²) in [5, 5.41) is 12.2. The highest BCUT2D eigenvalue weighted by Gasteiger charge is 2.10. The van der Waals surface area contributed by atoms with Gasteiger partial charge >= 0.3 is 0 Å². The Morgan fingerprint density at radius 2 is 1.79 bits per heavy atom. The summed E-state index contributed by atoms with van der Waals surface area (Å²) in [7, 11) is 0. The largest absolute Gasteiger partial charge is 0.488 e. The van der Waals surface area contributed by atoms with Gasteiger partial charge in [-0.15, -0.1) is 0 Å². The van der Waals surface area contributed by atoms with Gasteiger partial charge in [-0.25, -0.2) is 0 Å². The standard InChI is InChI=1S/C24H21N3O2/c25-16-22(24(28)27-14-12-19-7-2-1-3-8-19)15-21-10-4-5-11-23(21)29-18-20-9-6-13-26-17-20/h1-11,13,15,17H,12,14,18H2,(H,27,28)/b22-15+. The van der Waals surface area contributed by atoms with Crippen molar-refractivity contribution in [3.8, 4) is 11.8 Å². The SMILES string of the molecule is N#C/C(=C\c1ccccc1OCc1cccnc1)C(=O)NCCc1ccccc1. The lowest BCUT2D eigenvalue weighted by atomic mass is 10.1. The van der Waals surface area contributed by atoms with Crippen LogP contribution >= 0.6 is 0 Å². The van der Waals surface area contributed by atoms with Crippen molar-refractivity contribution in [3.63, 3.8) is 0 Å². The number of hydrogen-bond acceptors (Lipinski definition) is 4. The fourth-order valence-electron chi connectivity index (χ4n) is 2.74. The molecule has 0 aliphatic carbocycles. The molecule has 1 heterocycles. The summed E-state index contributed by atoms with van der Waals surface area (Å²) in [6.45, 7) is 0.810. The maximum atomic E-state index is 12.4. The van der Waals surface area contributed by atoms with E-state index >= 15 is 0 Å². The van der Waals surface area contributed by atoms with E-state index in [0.29, 0.717) is 30.9 Å². The highest BCUT2D eigenvalue weighted by Crippen LogP contribution is 2.22. The molecule has 2 aromatic carbocycles. The Morgan fingerprint density at radius 1 is 1.03 bits per heavy atom. The van der Waals surface area contributed by atoms with E-state index in [0.717, 1.165) is 11.1 Å². The average molecular weight is 383 g/mol. The molecule has 1 N–H and O–H groups in total.